The minimum absolute atomic E-state index is 0. The van der Waals surface area contributed by atoms with Crippen LogP contribution in [0, 0.1) is 0 Å². The Morgan fingerprint density at radius 2 is 1.75 bits per heavy atom. The second-order valence-electron chi connectivity index (χ2n) is 7.83. The van der Waals surface area contributed by atoms with Crippen molar-refractivity contribution in [3.8, 4) is 17.2 Å². The lowest BCUT2D eigenvalue weighted by molar-refractivity contribution is 0.291. The van der Waals surface area contributed by atoms with E-state index in [1.807, 2.05) is 19.2 Å². The molecule has 0 saturated heterocycles. The monoisotopic (exact) mass is 554 g/mol. The van der Waals surface area contributed by atoms with E-state index in [1.165, 1.54) is 16.7 Å². The van der Waals surface area contributed by atoms with Gasteiger partial charge in [-0.05, 0) is 61.5 Å². The number of aliphatic imine (C=N–C) groups is 1. The number of halogens is 1. The second-order valence-corrected chi connectivity index (χ2v) is 7.83. The first kappa shape index (κ1) is 26.1. The Hall–Kier alpha value is -2.20. The molecule has 176 valence electrons. The number of hydrogen-bond donors (Lipinski definition) is 1. The summed E-state index contributed by atoms with van der Waals surface area (Å²) in [5, 5.41) is 3.58. The minimum atomic E-state index is 0. The molecular weight excluding hydrogens is 519 g/mol. The van der Waals surface area contributed by atoms with Gasteiger partial charge in [0.15, 0.2) is 17.5 Å². The highest BCUT2D eigenvalue weighted by atomic mass is 127. The number of guanidine groups is 1. The van der Waals surface area contributed by atoms with Crippen LogP contribution in [-0.4, -0.2) is 71.3 Å². The number of methoxy groups -OCH3 is 3. The van der Waals surface area contributed by atoms with Crippen molar-refractivity contribution in [1.29, 1.82) is 0 Å². The maximum Gasteiger partial charge on any atom is 0.194 e. The number of ether oxygens (including phenoxy) is 3. The highest BCUT2D eigenvalue weighted by molar-refractivity contribution is 14.0. The Balaban J connectivity index is 0.00000363. The molecule has 1 aliphatic rings. The smallest absolute Gasteiger partial charge is 0.194 e. The van der Waals surface area contributed by atoms with Crippen LogP contribution in [-0.2, 0) is 13.0 Å². The summed E-state index contributed by atoms with van der Waals surface area (Å²) in [6, 6.07) is 12.6. The van der Waals surface area contributed by atoms with Gasteiger partial charge in [-0.25, -0.2) is 0 Å². The average molecular weight is 554 g/mol. The van der Waals surface area contributed by atoms with Crippen molar-refractivity contribution in [3.05, 3.63) is 53.1 Å². The zero-order valence-corrected chi connectivity index (χ0v) is 22.2. The summed E-state index contributed by atoms with van der Waals surface area (Å²) in [6.07, 6.45) is 0.934. The quantitative estimate of drug-likeness (QED) is 0.321. The molecule has 7 nitrogen and oxygen atoms in total. The van der Waals surface area contributed by atoms with Crippen LogP contribution in [0.4, 0.5) is 0 Å². The van der Waals surface area contributed by atoms with Gasteiger partial charge in [0.2, 0.25) is 0 Å². The molecule has 1 atom stereocenters. The molecule has 0 aromatic heterocycles. The van der Waals surface area contributed by atoms with Gasteiger partial charge in [-0.3, -0.25) is 4.99 Å². The fraction of sp³-hybridized carbons (Fsp3) is 0.458. The van der Waals surface area contributed by atoms with E-state index in [0.717, 1.165) is 49.3 Å². The molecule has 0 saturated carbocycles. The van der Waals surface area contributed by atoms with E-state index in [9.17, 15) is 0 Å². The second kappa shape index (κ2) is 12.2. The van der Waals surface area contributed by atoms with E-state index in [1.54, 1.807) is 21.3 Å². The fourth-order valence-electron chi connectivity index (χ4n) is 4.03. The highest BCUT2D eigenvalue weighted by Gasteiger charge is 2.23. The third-order valence-corrected chi connectivity index (χ3v) is 5.78. The Kier molecular flexibility index (Phi) is 9.89. The molecule has 1 heterocycles. The molecule has 0 bridgehead atoms. The van der Waals surface area contributed by atoms with Gasteiger partial charge in [-0.2, -0.15) is 0 Å². The zero-order valence-electron chi connectivity index (χ0n) is 19.8. The van der Waals surface area contributed by atoms with Gasteiger partial charge in [0.25, 0.3) is 0 Å². The number of rotatable bonds is 7. The number of fused-ring (bicyclic) bond motifs is 1. The van der Waals surface area contributed by atoms with Crippen molar-refractivity contribution in [3.63, 3.8) is 0 Å². The van der Waals surface area contributed by atoms with Crippen LogP contribution < -0.4 is 19.5 Å². The Bertz CT molecular complexity index is 920. The Morgan fingerprint density at radius 3 is 2.34 bits per heavy atom. The van der Waals surface area contributed by atoms with E-state index in [0.29, 0.717) is 0 Å². The zero-order chi connectivity index (χ0) is 22.4. The lowest BCUT2D eigenvalue weighted by atomic mass is 9.99. The molecule has 1 N–H and O–H groups in total. The van der Waals surface area contributed by atoms with Crippen LogP contribution in [0.2, 0.25) is 0 Å². The lowest BCUT2D eigenvalue weighted by Gasteiger charge is -2.33. The molecule has 0 aliphatic carbocycles. The summed E-state index contributed by atoms with van der Waals surface area (Å²) in [5.41, 5.74) is 3.74. The SMILES string of the molecule is CN=C(NCC(c1cccc(OC)c1)N(C)C)N1CCc2cc(OC)c(OC)cc2C1.I. The van der Waals surface area contributed by atoms with Crippen molar-refractivity contribution in [2.45, 2.75) is 19.0 Å². The lowest BCUT2D eigenvalue weighted by Crippen LogP contribution is -2.46. The molecule has 32 heavy (non-hydrogen) atoms. The van der Waals surface area contributed by atoms with E-state index in [2.05, 4.69) is 58.5 Å². The van der Waals surface area contributed by atoms with Crippen molar-refractivity contribution < 1.29 is 14.2 Å². The van der Waals surface area contributed by atoms with Crippen molar-refractivity contribution in [2.75, 3.05) is 55.6 Å². The van der Waals surface area contributed by atoms with Crippen LogP contribution in [0.5, 0.6) is 17.2 Å². The molecule has 0 amide bonds. The average Bonchev–Trinajstić information content (AvgIpc) is 2.80. The van der Waals surface area contributed by atoms with Crippen molar-refractivity contribution in [1.82, 2.24) is 15.1 Å². The number of nitrogens with zero attached hydrogens (tertiary/aromatic N) is 3. The summed E-state index contributed by atoms with van der Waals surface area (Å²) >= 11 is 0. The Labute approximate surface area is 208 Å². The van der Waals surface area contributed by atoms with Crippen LogP contribution in [0.1, 0.15) is 22.7 Å². The van der Waals surface area contributed by atoms with Crippen LogP contribution >= 0.6 is 24.0 Å². The first-order chi connectivity index (χ1) is 15.0. The van der Waals surface area contributed by atoms with Gasteiger partial charge in [-0.1, -0.05) is 12.1 Å². The van der Waals surface area contributed by atoms with Crippen molar-refractivity contribution >= 4 is 29.9 Å². The number of benzene rings is 2. The standard InChI is InChI=1S/C24H34N4O3.HI/c1-25-24(26-15-21(27(2)3)18-8-7-9-20(12-18)29-4)28-11-10-17-13-22(30-5)23(31-6)14-19(17)16-28;/h7-9,12-14,21H,10-11,15-16H2,1-6H3,(H,25,26);1H. The van der Waals surface area contributed by atoms with Gasteiger partial charge in [-0.15, -0.1) is 24.0 Å². The molecule has 8 heteroatoms. The van der Waals surface area contributed by atoms with E-state index in [4.69, 9.17) is 14.2 Å². The third kappa shape index (κ3) is 5.98. The minimum Gasteiger partial charge on any atom is -0.497 e. The molecule has 0 radical (unpaired) electrons. The number of hydrogen-bond acceptors (Lipinski definition) is 5. The molecule has 2 aromatic rings. The molecule has 1 aliphatic heterocycles. The largest absolute Gasteiger partial charge is 0.497 e. The maximum atomic E-state index is 5.49. The van der Waals surface area contributed by atoms with E-state index < -0.39 is 0 Å². The van der Waals surface area contributed by atoms with Crippen LogP contribution in [0.3, 0.4) is 0 Å². The van der Waals surface area contributed by atoms with Gasteiger partial charge in [0, 0.05) is 26.7 Å². The Morgan fingerprint density at radius 1 is 1.06 bits per heavy atom. The van der Waals surface area contributed by atoms with Gasteiger partial charge >= 0.3 is 0 Å². The van der Waals surface area contributed by atoms with Crippen LogP contribution in [0.25, 0.3) is 0 Å². The molecule has 2 aromatic carbocycles. The summed E-state index contributed by atoms with van der Waals surface area (Å²) in [5.74, 6) is 3.31. The predicted molar refractivity (Wildman–Crippen MR) is 140 cm³/mol. The van der Waals surface area contributed by atoms with E-state index in [-0.39, 0.29) is 30.0 Å². The maximum absolute atomic E-state index is 5.49. The first-order valence-electron chi connectivity index (χ1n) is 10.5. The molecule has 0 fully saturated rings. The molecule has 0 spiro atoms. The van der Waals surface area contributed by atoms with Crippen molar-refractivity contribution in [2.24, 2.45) is 4.99 Å². The van der Waals surface area contributed by atoms with Gasteiger partial charge in [0.1, 0.15) is 5.75 Å². The topological polar surface area (TPSA) is 58.6 Å². The van der Waals surface area contributed by atoms with Gasteiger partial charge < -0.3 is 29.3 Å². The summed E-state index contributed by atoms with van der Waals surface area (Å²) in [4.78, 5) is 9.04. The summed E-state index contributed by atoms with van der Waals surface area (Å²) in [6.45, 7) is 2.41. The third-order valence-electron chi connectivity index (χ3n) is 5.78. The van der Waals surface area contributed by atoms with Crippen LogP contribution in [0.15, 0.2) is 41.4 Å². The molecule has 3 rings (SSSR count). The fourth-order valence-corrected chi connectivity index (χ4v) is 4.03. The molecular formula is C24H35IN4O3. The summed E-state index contributed by atoms with van der Waals surface area (Å²) < 4.78 is 16.4. The first-order valence-corrected chi connectivity index (χ1v) is 10.5. The molecule has 1 unspecified atom stereocenters. The van der Waals surface area contributed by atoms with E-state index >= 15 is 0 Å². The number of nitrogens with one attached hydrogen (secondary N) is 1. The highest BCUT2D eigenvalue weighted by Crippen LogP contribution is 2.33. The predicted octanol–water partition coefficient (Wildman–Crippen LogP) is 3.57. The normalized spacial score (nSPS) is 14.3. The summed E-state index contributed by atoms with van der Waals surface area (Å²) in [7, 11) is 11.1. The van der Waals surface area contributed by atoms with Gasteiger partial charge in [0.05, 0.1) is 27.4 Å². The number of likely N-dealkylation sites (N-methyl/N-ethyl adjacent to an activating group) is 1.